The first kappa shape index (κ1) is 23.6. The van der Waals surface area contributed by atoms with E-state index >= 15 is 0 Å². The highest BCUT2D eigenvalue weighted by Gasteiger charge is 2.19. The summed E-state index contributed by atoms with van der Waals surface area (Å²) in [6.45, 7) is 0. The number of benzene rings is 7. The maximum Gasteiger partial charge on any atom is 0.143 e. The molecule has 0 bridgehead atoms. The first-order valence-electron chi connectivity index (χ1n) is 14.3. The van der Waals surface area contributed by atoms with Crippen LogP contribution in [0.15, 0.2) is 160 Å². The molecule has 2 heterocycles. The Morgan fingerprint density at radius 1 is 0.405 bits per heavy atom. The van der Waals surface area contributed by atoms with Gasteiger partial charge in [-0.25, -0.2) is 0 Å². The molecule has 42 heavy (non-hydrogen) atoms. The first-order chi connectivity index (χ1) is 20.8. The van der Waals surface area contributed by atoms with Crippen LogP contribution in [0.4, 0.5) is 0 Å². The summed E-state index contributed by atoms with van der Waals surface area (Å²) >= 11 is 1.87. The number of fused-ring (bicyclic) bond motifs is 5. The molecule has 0 fully saturated rings. The SMILES string of the molecule is c1cc(-c2ccc(-c3cccc4c3oc3ccccc34)cc2)cc(-c2ccc3c(c2)-c2cccc4cccc(c24)S3)c1. The summed E-state index contributed by atoms with van der Waals surface area (Å²) < 4.78 is 6.29. The number of hydrogen-bond acceptors (Lipinski definition) is 2. The van der Waals surface area contributed by atoms with Gasteiger partial charge < -0.3 is 4.42 Å². The van der Waals surface area contributed by atoms with E-state index in [-0.39, 0.29) is 0 Å². The molecule has 1 nitrogen and oxygen atoms in total. The first-order valence-corrected chi connectivity index (χ1v) is 15.1. The zero-order valence-corrected chi connectivity index (χ0v) is 23.5. The lowest BCUT2D eigenvalue weighted by Crippen LogP contribution is -1.93. The Morgan fingerprint density at radius 2 is 1.07 bits per heavy atom. The fourth-order valence-electron chi connectivity index (χ4n) is 6.44. The maximum absolute atomic E-state index is 6.29. The summed E-state index contributed by atoms with van der Waals surface area (Å²) in [7, 11) is 0. The second-order valence-corrected chi connectivity index (χ2v) is 12.0. The lowest BCUT2D eigenvalue weighted by Gasteiger charge is -2.21. The second-order valence-electron chi connectivity index (χ2n) is 10.9. The summed E-state index contributed by atoms with van der Waals surface area (Å²) in [5.41, 5.74) is 11.6. The van der Waals surface area contributed by atoms with Crippen LogP contribution >= 0.6 is 11.8 Å². The summed E-state index contributed by atoms with van der Waals surface area (Å²) in [5.74, 6) is 0. The van der Waals surface area contributed by atoms with Crippen molar-refractivity contribution in [3.05, 3.63) is 146 Å². The molecule has 0 amide bonds. The highest BCUT2D eigenvalue weighted by Crippen LogP contribution is 2.48. The van der Waals surface area contributed by atoms with Gasteiger partial charge >= 0.3 is 0 Å². The van der Waals surface area contributed by atoms with Crippen molar-refractivity contribution in [1.82, 2.24) is 0 Å². The fraction of sp³-hybridized carbons (Fsp3) is 0. The van der Waals surface area contributed by atoms with Gasteiger partial charge in [0, 0.05) is 31.5 Å². The lowest BCUT2D eigenvalue weighted by atomic mass is 9.93. The molecule has 1 aliphatic rings. The molecule has 7 aromatic carbocycles. The monoisotopic (exact) mass is 552 g/mol. The van der Waals surface area contributed by atoms with Gasteiger partial charge in [-0.05, 0) is 74.7 Å². The fourth-order valence-corrected chi connectivity index (χ4v) is 7.57. The van der Waals surface area contributed by atoms with Gasteiger partial charge in [-0.1, -0.05) is 127 Å². The predicted molar refractivity (Wildman–Crippen MR) is 177 cm³/mol. The third-order valence-electron chi connectivity index (χ3n) is 8.49. The van der Waals surface area contributed by atoms with E-state index in [9.17, 15) is 0 Å². The second kappa shape index (κ2) is 9.24. The Kier molecular flexibility index (Phi) is 5.20. The van der Waals surface area contributed by atoms with Gasteiger partial charge in [0.1, 0.15) is 11.2 Å². The Bertz CT molecular complexity index is 2320. The van der Waals surface area contributed by atoms with E-state index in [1.165, 1.54) is 53.9 Å². The van der Waals surface area contributed by atoms with Crippen molar-refractivity contribution in [2.24, 2.45) is 0 Å². The van der Waals surface area contributed by atoms with Crippen LogP contribution < -0.4 is 0 Å². The summed E-state index contributed by atoms with van der Waals surface area (Å²) in [4.78, 5) is 2.65. The molecule has 1 aliphatic heterocycles. The van der Waals surface area contributed by atoms with E-state index in [0.717, 1.165) is 33.1 Å². The average Bonchev–Trinajstić information content (AvgIpc) is 3.44. The van der Waals surface area contributed by atoms with E-state index in [1.54, 1.807) is 0 Å². The molecular formula is C40H24OS. The van der Waals surface area contributed by atoms with Crippen LogP contribution in [0.1, 0.15) is 0 Å². The molecule has 196 valence electrons. The number of hydrogen-bond donors (Lipinski definition) is 0. The number of furan rings is 1. The van der Waals surface area contributed by atoms with Gasteiger partial charge in [-0.15, -0.1) is 0 Å². The van der Waals surface area contributed by atoms with Gasteiger partial charge in [-0.2, -0.15) is 0 Å². The van der Waals surface area contributed by atoms with E-state index in [0.29, 0.717) is 0 Å². The molecule has 0 atom stereocenters. The van der Waals surface area contributed by atoms with Gasteiger partial charge in [0.15, 0.2) is 0 Å². The minimum Gasteiger partial charge on any atom is -0.455 e. The molecular weight excluding hydrogens is 529 g/mol. The van der Waals surface area contributed by atoms with Gasteiger partial charge in [-0.3, -0.25) is 0 Å². The van der Waals surface area contributed by atoms with Crippen LogP contribution in [0.3, 0.4) is 0 Å². The summed E-state index contributed by atoms with van der Waals surface area (Å²) in [6, 6.07) is 52.6. The maximum atomic E-state index is 6.29. The molecule has 1 aromatic heterocycles. The number of para-hydroxylation sites is 2. The van der Waals surface area contributed by atoms with E-state index in [1.807, 2.05) is 23.9 Å². The zero-order valence-electron chi connectivity index (χ0n) is 22.7. The van der Waals surface area contributed by atoms with Crippen molar-refractivity contribution >= 4 is 44.5 Å². The van der Waals surface area contributed by atoms with Crippen molar-refractivity contribution in [1.29, 1.82) is 0 Å². The Morgan fingerprint density at radius 3 is 1.98 bits per heavy atom. The Labute approximate surface area is 248 Å². The molecule has 0 saturated heterocycles. The topological polar surface area (TPSA) is 13.1 Å². The number of rotatable bonds is 3. The molecule has 0 spiro atoms. The Hall–Kier alpha value is -5.05. The molecule has 0 unspecified atom stereocenters. The van der Waals surface area contributed by atoms with Crippen LogP contribution in [0.2, 0.25) is 0 Å². The molecule has 0 aliphatic carbocycles. The Balaban J connectivity index is 1.08. The highest BCUT2D eigenvalue weighted by atomic mass is 32.2. The smallest absolute Gasteiger partial charge is 0.143 e. The molecule has 0 saturated carbocycles. The molecule has 9 rings (SSSR count). The van der Waals surface area contributed by atoms with E-state index in [2.05, 4.69) is 133 Å². The van der Waals surface area contributed by atoms with Crippen LogP contribution in [-0.4, -0.2) is 0 Å². The van der Waals surface area contributed by atoms with Crippen molar-refractivity contribution in [3.8, 4) is 44.5 Å². The van der Waals surface area contributed by atoms with Crippen LogP contribution in [-0.2, 0) is 0 Å². The lowest BCUT2D eigenvalue weighted by molar-refractivity contribution is 0.670. The van der Waals surface area contributed by atoms with Gasteiger partial charge in [0.25, 0.3) is 0 Å². The standard InChI is InChI=1S/C40H24OS/c1-2-15-36-32(11-1)34-14-6-12-31(40(34)41-36)26-19-17-25(18-20-26)28-9-3-10-29(23-28)30-21-22-37-35(24-30)33-13-4-7-27-8-5-16-38(42-37)39(27)33/h1-24H. The molecule has 0 N–H and O–H groups in total. The zero-order chi connectivity index (χ0) is 27.6. The molecule has 0 radical (unpaired) electrons. The third-order valence-corrected chi connectivity index (χ3v) is 9.62. The van der Waals surface area contributed by atoms with Crippen molar-refractivity contribution in [3.63, 3.8) is 0 Å². The predicted octanol–water partition coefficient (Wildman–Crippen LogP) is 11.9. The van der Waals surface area contributed by atoms with Crippen LogP contribution in [0.25, 0.3) is 77.2 Å². The largest absolute Gasteiger partial charge is 0.455 e. The van der Waals surface area contributed by atoms with Gasteiger partial charge in [0.05, 0.1) is 0 Å². The molecule has 8 aromatic rings. The highest BCUT2D eigenvalue weighted by molar-refractivity contribution is 7.99. The van der Waals surface area contributed by atoms with Gasteiger partial charge in [0.2, 0.25) is 0 Å². The van der Waals surface area contributed by atoms with Crippen molar-refractivity contribution < 1.29 is 4.42 Å². The van der Waals surface area contributed by atoms with Crippen molar-refractivity contribution in [2.75, 3.05) is 0 Å². The van der Waals surface area contributed by atoms with Crippen molar-refractivity contribution in [2.45, 2.75) is 9.79 Å². The summed E-state index contributed by atoms with van der Waals surface area (Å²) in [5, 5.41) is 4.98. The van der Waals surface area contributed by atoms with Crippen LogP contribution in [0, 0.1) is 0 Å². The van der Waals surface area contributed by atoms with E-state index < -0.39 is 0 Å². The third kappa shape index (κ3) is 3.66. The van der Waals surface area contributed by atoms with Crippen LogP contribution in [0.5, 0.6) is 0 Å². The van der Waals surface area contributed by atoms with E-state index in [4.69, 9.17) is 4.42 Å². The molecule has 2 heteroatoms. The summed E-state index contributed by atoms with van der Waals surface area (Å²) in [6.07, 6.45) is 0. The quantitative estimate of drug-likeness (QED) is 0.216. The average molecular weight is 553 g/mol. The minimum atomic E-state index is 0.926. The minimum absolute atomic E-state index is 0.926. The normalized spacial score (nSPS) is 12.2.